The zero-order chi connectivity index (χ0) is 14.4. The van der Waals surface area contributed by atoms with Gasteiger partial charge in [-0.1, -0.05) is 18.0 Å². The standard InChI is InChI=1S/C12H16ClN3O2S2/c13-11-4-5-12(19-11)20(17,18)15-6-2-1-3-8-16-9-7-14-10-16/h4-5,7,9-10,15H,1-3,6,8H2. The van der Waals surface area contributed by atoms with Gasteiger partial charge in [0.05, 0.1) is 10.7 Å². The molecule has 0 saturated carbocycles. The Morgan fingerprint density at radius 3 is 2.80 bits per heavy atom. The van der Waals surface area contributed by atoms with Gasteiger partial charge in [-0.05, 0) is 25.0 Å². The topological polar surface area (TPSA) is 64.0 Å². The average Bonchev–Trinajstić information content (AvgIpc) is 3.05. The molecule has 2 heterocycles. The molecule has 0 radical (unpaired) electrons. The van der Waals surface area contributed by atoms with E-state index >= 15 is 0 Å². The number of unbranched alkanes of at least 4 members (excludes halogenated alkanes) is 2. The number of rotatable bonds is 8. The third-order valence-electron chi connectivity index (χ3n) is 2.76. The van der Waals surface area contributed by atoms with Gasteiger partial charge in [-0.25, -0.2) is 18.1 Å². The zero-order valence-corrected chi connectivity index (χ0v) is 13.2. The maximum atomic E-state index is 11.9. The summed E-state index contributed by atoms with van der Waals surface area (Å²) in [6.45, 7) is 1.36. The number of halogens is 1. The van der Waals surface area contributed by atoms with Crippen molar-refractivity contribution in [3.63, 3.8) is 0 Å². The van der Waals surface area contributed by atoms with E-state index in [1.807, 2.05) is 10.8 Å². The first-order valence-corrected chi connectivity index (χ1v) is 8.96. The van der Waals surface area contributed by atoms with Crippen LogP contribution in [0.4, 0.5) is 0 Å². The molecule has 5 nitrogen and oxygen atoms in total. The number of hydrogen-bond donors (Lipinski definition) is 1. The molecule has 8 heteroatoms. The van der Waals surface area contributed by atoms with Crippen molar-refractivity contribution >= 4 is 33.0 Å². The van der Waals surface area contributed by atoms with Gasteiger partial charge in [-0.15, -0.1) is 11.3 Å². The van der Waals surface area contributed by atoms with Gasteiger partial charge in [0.15, 0.2) is 0 Å². The van der Waals surface area contributed by atoms with E-state index in [-0.39, 0.29) is 4.21 Å². The van der Waals surface area contributed by atoms with Crippen molar-refractivity contribution in [1.82, 2.24) is 14.3 Å². The summed E-state index contributed by atoms with van der Waals surface area (Å²) in [6, 6.07) is 3.11. The van der Waals surface area contributed by atoms with Crippen LogP contribution in [0.2, 0.25) is 4.34 Å². The van der Waals surface area contributed by atoms with E-state index in [1.54, 1.807) is 18.6 Å². The molecule has 20 heavy (non-hydrogen) atoms. The van der Waals surface area contributed by atoms with Gasteiger partial charge in [0, 0.05) is 25.5 Å². The maximum absolute atomic E-state index is 11.9. The summed E-state index contributed by atoms with van der Waals surface area (Å²) in [7, 11) is -3.40. The molecule has 2 rings (SSSR count). The van der Waals surface area contributed by atoms with Crippen molar-refractivity contribution in [2.24, 2.45) is 0 Å². The molecule has 0 aliphatic rings. The van der Waals surface area contributed by atoms with Gasteiger partial charge in [-0.3, -0.25) is 0 Å². The van der Waals surface area contributed by atoms with Crippen LogP contribution in [-0.4, -0.2) is 24.5 Å². The lowest BCUT2D eigenvalue weighted by Gasteiger charge is -2.05. The summed E-state index contributed by atoms with van der Waals surface area (Å²) >= 11 is 6.80. The van der Waals surface area contributed by atoms with E-state index in [0.29, 0.717) is 10.9 Å². The molecule has 0 saturated heterocycles. The summed E-state index contributed by atoms with van der Waals surface area (Å²) in [4.78, 5) is 3.97. The SMILES string of the molecule is O=S(=O)(NCCCCCn1ccnc1)c1ccc(Cl)s1. The van der Waals surface area contributed by atoms with E-state index < -0.39 is 10.0 Å². The molecule has 0 amide bonds. The minimum absolute atomic E-state index is 0.265. The summed E-state index contributed by atoms with van der Waals surface area (Å²) in [5.74, 6) is 0. The summed E-state index contributed by atoms with van der Waals surface area (Å²) in [5.41, 5.74) is 0. The minimum atomic E-state index is -3.40. The van der Waals surface area contributed by atoms with E-state index in [4.69, 9.17) is 11.6 Å². The van der Waals surface area contributed by atoms with Crippen molar-refractivity contribution in [3.05, 3.63) is 35.2 Å². The third-order valence-corrected chi connectivity index (χ3v) is 5.94. The lowest BCUT2D eigenvalue weighted by molar-refractivity contribution is 0.563. The highest BCUT2D eigenvalue weighted by atomic mass is 35.5. The Bertz CT molecular complexity index is 623. The number of aromatic nitrogens is 2. The quantitative estimate of drug-likeness (QED) is 0.755. The van der Waals surface area contributed by atoms with Gasteiger partial charge in [0.25, 0.3) is 0 Å². The fraction of sp³-hybridized carbons (Fsp3) is 0.417. The number of nitrogens with zero attached hydrogens (tertiary/aromatic N) is 2. The molecular weight excluding hydrogens is 318 g/mol. The molecule has 0 unspecified atom stereocenters. The van der Waals surface area contributed by atoms with Crippen LogP contribution < -0.4 is 4.72 Å². The van der Waals surface area contributed by atoms with Crippen LogP contribution in [0.25, 0.3) is 0 Å². The highest BCUT2D eigenvalue weighted by molar-refractivity contribution is 7.91. The summed E-state index contributed by atoms with van der Waals surface area (Å²) < 4.78 is 29.1. The molecule has 1 N–H and O–H groups in total. The van der Waals surface area contributed by atoms with Gasteiger partial charge in [0.1, 0.15) is 4.21 Å². The molecule has 0 spiro atoms. The largest absolute Gasteiger partial charge is 0.337 e. The third kappa shape index (κ3) is 4.59. The van der Waals surface area contributed by atoms with Crippen LogP contribution in [0.5, 0.6) is 0 Å². The second-order valence-corrected chi connectivity index (χ2v) is 8.03. The van der Waals surface area contributed by atoms with Gasteiger partial charge in [-0.2, -0.15) is 0 Å². The Kier molecular flexibility index (Phi) is 5.59. The Morgan fingerprint density at radius 1 is 1.30 bits per heavy atom. The van der Waals surface area contributed by atoms with Crippen LogP contribution in [0, 0.1) is 0 Å². The predicted octanol–water partition coefficient (Wildman–Crippen LogP) is 2.75. The molecule has 0 aliphatic carbocycles. The fourth-order valence-corrected chi connectivity index (χ4v) is 4.34. The smallest absolute Gasteiger partial charge is 0.250 e. The number of aryl methyl sites for hydroxylation is 1. The number of nitrogens with one attached hydrogen (secondary N) is 1. The van der Waals surface area contributed by atoms with E-state index in [1.165, 1.54) is 6.07 Å². The lowest BCUT2D eigenvalue weighted by Crippen LogP contribution is -2.24. The first kappa shape index (κ1) is 15.5. The molecule has 0 aliphatic heterocycles. The Hall–Kier alpha value is -0.890. The van der Waals surface area contributed by atoms with Crippen molar-refractivity contribution in [2.75, 3.05) is 6.54 Å². The predicted molar refractivity (Wildman–Crippen MR) is 80.6 cm³/mol. The molecular formula is C12H16ClN3O2S2. The molecule has 110 valence electrons. The minimum Gasteiger partial charge on any atom is -0.337 e. The summed E-state index contributed by atoms with van der Waals surface area (Å²) in [5, 5.41) is 0. The second kappa shape index (κ2) is 7.21. The first-order chi connectivity index (χ1) is 9.58. The maximum Gasteiger partial charge on any atom is 0.250 e. The van der Waals surface area contributed by atoms with Gasteiger partial charge >= 0.3 is 0 Å². The van der Waals surface area contributed by atoms with Crippen LogP contribution >= 0.6 is 22.9 Å². The molecule has 0 fully saturated rings. The van der Waals surface area contributed by atoms with Crippen molar-refractivity contribution in [2.45, 2.75) is 30.0 Å². The molecule has 0 aromatic carbocycles. The van der Waals surface area contributed by atoms with Crippen molar-refractivity contribution < 1.29 is 8.42 Å². The van der Waals surface area contributed by atoms with Crippen LogP contribution in [0.15, 0.2) is 35.1 Å². The highest BCUT2D eigenvalue weighted by Crippen LogP contribution is 2.25. The molecule has 2 aromatic heterocycles. The van der Waals surface area contributed by atoms with Crippen molar-refractivity contribution in [1.29, 1.82) is 0 Å². The zero-order valence-electron chi connectivity index (χ0n) is 10.8. The van der Waals surface area contributed by atoms with Crippen LogP contribution in [0.3, 0.4) is 0 Å². The normalized spacial score (nSPS) is 11.8. The number of hydrogen-bond acceptors (Lipinski definition) is 4. The van der Waals surface area contributed by atoms with Crippen LogP contribution in [-0.2, 0) is 16.6 Å². The van der Waals surface area contributed by atoms with Gasteiger partial charge < -0.3 is 4.57 Å². The van der Waals surface area contributed by atoms with Crippen LogP contribution in [0.1, 0.15) is 19.3 Å². The molecule has 0 atom stereocenters. The average molecular weight is 334 g/mol. The summed E-state index contributed by atoms with van der Waals surface area (Å²) in [6.07, 6.45) is 8.23. The number of thiophene rings is 1. The van der Waals surface area contributed by atoms with E-state index in [9.17, 15) is 8.42 Å². The Balaban J connectivity index is 1.65. The van der Waals surface area contributed by atoms with E-state index in [0.717, 1.165) is 37.1 Å². The highest BCUT2D eigenvalue weighted by Gasteiger charge is 2.15. The monoisotopic (exact) mass is 333 g/mol. The molecule has 2 aromatic rings. The Morgan fingerprint density at radius 2 is 2.15 bits per heavy atom. The second-order valence-electron chi connectivity index (χ2n) is 4.32. The first-order valence-electron chi connectivity index (χ1n) is 6.29. The van der Waals surface area contributed by atoms with Gasteiger partial charge in [0.2, 0.25) is 10.0 Å². The van der Waals surface area contributed by atoms with Crippen molar-refractivity contribution in [3.8, 4) is 0 Å². The number of sulfonamides is 1. The lowest BCUT2D eigenvalue weighted by atomic mass is 10.2. The Labute approximate surface area is 127 Å². The van der Waals surface area contributed by atoms with E-state index in [2.05, 4.69) is 9.71 Å². The number of imidazole rings is 1. The molecule has 0 bridgehead atoms. The fourth-order valence-electron chi connectivity index (χ4n) is 1.73.